The molecule has 1 aromatic heterocycles. The van der Waals surface area contributed by atoms with Gasteiger partial charge in [-0.3, -0.25) is 0 Å². The number of nitrogen functional groups attached to an aromatic ring is 1. The van der Waals surface area contributed by atoms with Crippen molar-refractivity contribution in [2.45, 2.75) is 26.4 Å². The van der Waals surface area contributed by atoms with Gasteiger partial charge in [-0.15, -0.1) is 0 Å². The van der Waals surface area contributed by atoms with Crippen LogP contribution in [0.15, 0.2) is 24.4 Å². The van der Waals surface area contributed by atoms with Crippen LogP contribution < -0.4 is 10.6 Å². The van der Waals surface area contributed by atoms with E-state index >= 15 is 0 Å². The van der Waals surface area contributed by atoms with E-state index in [0.29, 0.717) is 37.6 Å². The Labute approximate surface area is 185 Å². The van der Waals surface area contributed by atoms with Gasteiger partial charge in [-0.2, -0.15) is 5.26 Å². The first-order chi connectivity index (χ1) is 15.1. The Balaban J connectivity index is 1.94. The molecule has 0 aliphatic carbocycles. The molecule has 1 fully saturated rings. The predicted molar refractivity (Wildman–Crippen MR) is 116 cm³/mol. The molecule has 9 nitrogen and oxygen atoms in total. The molecule has 2 N–H and O–H groups in total. The molecule has 0 spiro atoms. The molecule has 2 aromatic rings. The summed E-state index contributed by atoms with van der Waals surface area (Å²) in [6.07, 6.45) is 0.998. The minimum Gasteiger partial charge on any atom is -0.464 e. The zero-order valence-electron chi connectivity index (χ0n) is 18.5. The van der Waals surface area contributed by atoms with Gasteiger partial charge in [0.25, 0.3) is 0 Å². The second kappa shape index (κ2) is 8.78. The fraction of sp³-hybridized carbons (Fsp3) is 0.409. The molecule has 0 saturated carbocycles. The zero-order valence-corrected chi connectivity index (χ0v) is 18.5. The van der Waals surface area contributed by atoms with Gasteiger partial charge in [-0.1, -0.05) is 0 Å². The highest BCUT2D eigenvalue weighted by atomic mass is 19.1. The molecule has 1 amide bonds. The molecule has 3 rings (SSSR count). The van der Waals surface area contributed by atoms with E-state index in [-0.39, 0.29) is 23.0 Å². The summed E-state index contributed by atoms with van der Waals surface area (Å²) in [6.45, 7) is 7.18. The fourth-order valence-electron chi connectivity index (χ4n) is 3.52. The van der Waals surface area contributed by atoms with Gasteiger partial charge in [-0.05, 0) is 39.0 Å². The lowest BCUT2D eigenvalue weighted by atomic mass is 10.2. The molecule has 1 aliphatic heterocycles. The number of rotatable bonds is 3. The van der Waals surface area contributed by atoms with Crippen molar-refractivity contribution in [3.63, 3.8) is 0 Å². The number of anilines is 2. The Morgan fingerprint density at radius 1 is 1.16 bits per heavy atom. The van der Waals surface area contributed by atoms with Crippen LogP contribution in [0.3, 0.4) is 0 Å². The molecule has 1 aliphatic rings. The van der Waals surface area contributed by atoms with Crippen molar-refractivity contribution in [1.82, 2.24) is 9.47 Å². The van der Waals surface area contributed by atoms with Crippen molar-refractivity contribution in [3.05, 3.63) is 41.5 Å². The van der Waals surface area contributed by atoms with Crippen molar-refractivity contribution in [1.29, 1.82) is 5.26 Å². The summed E-state index contributed by atoms with van der Waals surface area (Å²) >= 11 is 0. The van der Waals surface area contributed by atoms with Crippen LogP contribution in [0, 0.1) is 17.1 Å². The first-order valence-electron chi connectivity index (χ1n) is 10.1. The van der Waals surface area contributed by atoms with Crippen molar-refractivity contribution in [2.75, 3.05) is 43.9 Å². The summed E-state index contributed by atoms with van der Waals surface area (Å²) in [5, 5.41) is 9.36. The number of methoxy groups -OCH3 is 1. The quantitative estimate of drug-likeness (QED) is 0.726. The maximum atomic E-state index is 14.2. The summed E-state index contributed by atoms with van der Waals surface area (Å²) in [4.78, 5) is 28.3. The molecule has 10 heteroatoms. The number of carbonyl (C=O) groups is 2. The first-order valence-corrected chi connectivity index (χ1v) is 10.1. The molecule has 0 atom stereocenters. The topological polar surface area (TPSA) is 114 Å². The van der Waals surface area contributed by atoms with Crippen LogP contribution in [0.5, 0.6) is 0 Å². The first kappa shape index (κ1) is 22.9. The van der Waals surface area contributed by atoms with E-state index in [0.717, 1.165) is 0 Å². The number of nitriles is 1. The van der Waals surface area contributed by atoms with Crippen molar-refractivity contribution < 1.29 is 23.5 Å². The maximum absolute atomic E-state index is 14.2. The van der Waals surface area contributed by atoms with E-state index in [9.17, 15) is 19.2 Å². The number of nitrogens with zero attached hydrogens (tertiary/aromatic N) is 4. The number of piperazine rings is 1. The highest BCUT2D eigenvalue weighted by Gasteiger charge is 2.29. The Morgan fingerprint density at radius 2 is 1.81 bits per heavy atom. The second-order valence-corrected chi connectivity index (χ2v) is 8.37. The van der Waals surface area contributed by atoms with Crippen LogP contribution in [0.25, 0.3) is 5.69 Å². The van der Waals surface area contributed by atoms with Gasteiger partial charge < -0.3 is 29.6 Å². The normalized spacial score (nSPS) is 14.1. The number of nitrogens with two attached hydrogens (primary N) is 1. The van der Waals surface area contributed by atoms with Gasteiger partial charge >= 0.3 is 12.1 Å². The Hall–Kier alpha value is -3.74. The Bertz CT molecular complexity index is 1080. The summed E-state index contributed by atoms with van der Waals surface area (Å²) in [7, 11) is 1.20. The monoisotopic (exact) mass is 443 g/mol. The molecule has 170 valence electrons. The van der Waals surface area contributed by atoms with Gasteiger partial charge in [-0.25, -0.2) is 14.0 Å². The van der Waals surface area contributed by atoms with Crippen LogP contribution in [0.4, 0.5) is 20.6 Å². The molecule has 1 aromatic carbocycles. The van der Waals surface area contributed by atoms with Crippen LogP contribution in [0.1, 0.15) is 36.8 Å². The third-order valence-electron chi connectivity index (χ3n) is 5.01. The fourth-order valence-corrected chi connectivity index (χ4v) is 3.52. The molecule has 0 unspecified atom stereocenters. The summed E-state index contributed by atoms with van der Waals surface area (Å²) in [5.41, 5.74) is 6.35. The standard InChI is InChI=1S/C22H26FN5O4/c1-22(2,3)32-21(30)27-9-7-26(8-10-27)16-6-5-15(23)11-17(16)28-13-14(12-24)18(25)19(28)20(29)31-4/h5-6,11,13H,7-10,25H2,1-4H3. The molecular weight excluding hydrogens is 417 g/mol. The number of esters is 1. The Kier molecular flexibility index (Phi) is 6.30. The lowest BCUT2D eigenvalue weighted by Gasteiger charge is -2.37. The molecule has 1 saturated heterocycles. The largest absolute Gasteiger partial charge is 0.464 e. The van der Waals surface area contributed by atoms with Gasteiger partial charge in [0.05, 0.1) is 29.7 Å². The average Bonchev–Trinajstić information content (AvgIpc) is 3.08. The number of amides is 1. The minimum atomic E-state index is -0.742. The number of ether oxygens (including phenoxy) is 2. The highest BCUT2D eigenvalue weighted by molar-refractivity contribution is 5.96. The molecule has 2 heterocycles. The van der Waals surface area contributed by atoms with Gasteiger partial charge in [0.15, 0.2) is 5.69 Å². The van der Waals surface area contributed by atoms with E-state index in [1.165, 1.54) is 30.0 Å². The van der Waals surface area contributed by atoms with E-state index < -0.39 is 17.4 Å². The van der Waals surface area contributed by atoms with Crippen LogP contribution in [-0.2, 0) is 9.47 Å². The van der Waals surface area contributed by atoms with Crippen molar-refractivity contribution in [2.24, 2.45) is 0 Å². The third kappa shape index (κ3) is 4.61. The number of hydrogen-bond acceptors (Lipinski definition) is 7. The molecule has 0 radical (unpaired) electrons. The summed E-state index contributed by atoms with van der Waals surface area (Å²) < 4.78 is 25.8. The van der Waals surface area contributed by atoms with Crippen molar-refractivity contribution in [3.8, 4) is 11.8 Å². The van der Waals surface area contributed by atoms with Gasteiger partial charge in [0.1, 0.15) is 17.5 Å². The predicted octanol–water partition coefficient (Wildman–Crippen LogP) is 2.91. The van der Waals surface area contributed by atoms with Crippen LogP contribution >= 0.6 is 0 Å². The number of aromatic nitrogens is 1. The molecular formula is C22H26FN5O4. The Morgan fingerprint density at radius 3 is 2.38 bits per heavy atom. The number of benzene rings is 1. The zero-order chi connectivity index (χ0) is 23.6. The van der Waals surface area contributed by atoms with Gasteiger partial charge in [0, 0.05) is 32.4 Å². The number of carbonyl (C=O) groups excluding carboxylic acids is 2. The lowest BCUT2D eigenvalue weighted by molar-refractivity contribution is 0.0240. The van der Waals surface area contributed by atoms with Crippen LogP contribution in [-0.4, -0.2) is 60.4 Å². The van der Waals surface area contributed by atoms with E-state index in [1.807, 2.05) is 31.7 Å². The summed E-state index contributed by atoms with van der Waals surface area (Å²) in [6, 6.07) is 6.11. The molecule has 0 bridgehead atoms. The molecule has 32 heavy (non-hydrogen) atoms. The highest BCUT2D eigenvalue weighted by Crippen LogP contribution is 2.32. The van der Waals surface area contributed by atoms with E-state index in [1.54, 1.807) is 11.0 Å². The maximum Gasteiger partial charge on any atom is 0.410 e. The second-order valence-electron chi connectivity index (χ2n) is 8.37. The smallest absolute Gasteiger partial charge is 0.410 e. The lowest BCUT2D eigenvalue weighted by Crippen LogP contribution is -2.50. The van der Waals surface area contributed by atoms with Crippen molar-refractivity contribution >= 4 is 23.4 Å². The number of halogens is 1. The SMILES string of the molecule is COC(=O)c1c(N)c(C#N)cn1-c1cc(F)ccc1N1CCN(C(=O)OC(C)(C)C)CC1. The van der Waals surface area contributed by atoms with Gasteiger partial charge in [0.2, 0.25) is 0 Å². The summed E-state index contributed by atoms with van der Waals surface area (Å²) in [5.74, 6) is -1.26. The minimum absolute atomic E-state index is 0.0377. The van der Waals surface area contributed by atoms with E-state index in [2.05, 4.69) is 0 Å². The number of hydrogen-bond donors (Lipinski definition) is 1. The third-order valence-corrected chi connectivity index (χ3v) is 5.01. The van der Waals surface area contributed by atoms with Crippen LogP contribution in [0.2, 0.25) is 0 Å². The average molecular weight is 443 g/mol. The van der Waals surface area contributed by atoms with E-state index in [4.69, 9.17) is 15.2 Å².